The number of benzene rings is 1. The van der Waals surface area contributed by atoms with E-state index in [1.54, 1.807) is 0 Å². The number of hydrogen-bond donors (Lipinski definition) is 1. The van der Waals surface area contributed by atoms with Gasteiger partial charge in [-0.25, -0.2) is 0 Å². The maximum absolute atomic E-state index is 9.25. The average Bonchev–Trinajstić information content (AvgIpc) is 2.64. The van der Waals surface area contributed by atoms with E-state index in [0.717, 1.165) is 16.6 Å². The van der Waals surface area contributed by atoms with Crippen LogP contribution in [-0.2, 0) is 9.31 Å². The lowest BCUT2D eigenvalue weighted by atomic mass is 9.76. The average molecular weight is 298 g/mol. The Morgan fingerprint density at radius 1 is 1.27 bits per heavy atom. The molecular formula is C17H23BN2O2. The van der Waals surface area contributed by atoms with Gasteiger partial charge in [-0.3, -0.25) is 0 Å². The normalized spacial score (nSPS) is 20.0. The van der Waals surface area contributed by atoms with Crippen molar-refractivity contribution in [3.8, 4) is 6.07 Å². The lowest BCUT2D eigenvalue weighted by Gasteiger charge is -2.32. The second kappa shape index (κ2) is 5.88. The maximum Gasteiger partial charge on any atom is 0.491 e. The molecule has 1 fully saturated rings. The summed E-state index contributed by atoms with van der Waals surface area (Å²) in [5.74, 6) is 0. The topological polar surface area (TPSA) is 68.3 Å². The lowest BCUT2D eigenvalue weighted by molar-refractivity contribution is 0.00578. The molecule has 1 aromatic rings. The van der Waals surface area contributed by atoms with Crippen molar-refractivity contribution in [1.82, 2.24) is 0 Å². The Bertz CT molecular complexity index is 629. The van der Waals surface area contributed by atoms with E-state index in [-0.39, 0.29) is 0 Å². The zero-order valence-corrected chi connectivity index (χ0v) is 13.9. The summed E-state index contributed by atoms with van der Waals surface area (Å²) in [5, 5.41) is 9.25. The van der Waals surface area contributed by atoms with Crippen LogP contribution in [0.1, 0.15) is 44.4 Å². The third kappa shape index (κ3) is 3.10. The molecule has 0 bridgehead atoms. The van der Waals surface area contributed by atoms with Gasteiger partial charge in [-0.05, 0) is 51.7 Å². The van der Waals surface area contributed by atoms with Crippen LogP contribution in [0.5, 0.6) is 0 Å². The molecule has 1 aliphatic rings. The number of nitriles is 1. The molecule has 1 heterocycles. The quantitative estimate of drug-likeness (QED) is 0.871. The first kappa shape index (κ1) is 16.8. The molecule has 2 rings (SSSR count). The van der Waals surface area contributed by atoms with E-state index in [4.69, 9.17) is 15.0 Å². The summed E-state index contributed by atoms with van der Waals surface area (Å²) in [5.41, 5.74) is 8.47. The molecule has 1 aliphatic heterocycles. The third-order valence-corrected chi connectivity index (χ3v) is 4.46. The van der Waals surface area contributed by atoms with Crippen molar-refractivity contribution in [2.24, 2.45) is 5.73 Å². The van der Waals surface area contributed by atoms with Gasteiger partial charge in [0.15, 0.2) is 0 Å². The molecule has 4 nitrogen and oxygen atoms in total. The van der Waals surface area contributed by atoms with E-state index in [1.165, 1.54) is 0 Å². The SMILES string of the molecule is Cc1ccc(C#N)c(C=C(CN)B2OC(C)(C)C(C)(C)O2)c1. The van der Waals surface area contributed by atoms with Gasteiger partial charge in [0.2, 0.25) is 0 Å². The highest BCUT2D eigenvalue weighted by molar-refractivity contribution is 6.55. The van der Waals surface area contributed by atoms with Gasteiger partial charge in [-0.15, -0.1) is 0 Å². The minimum Gasteiger partial charge on any atom is -0.400 e. The Morgan fingerprint density at radius 2 is 1.86 bits per heavy atom. The Labute approximate surface area is 133 Å². The fraction of sp³-hybridized carbons (Fsp3) is 0.471. The largest absolute Gasteiger partial charge is 0.491 e. The van der Waals surface area contributed by atoms with Crippen LogP contribution >= 0.6 is 0 Å². The number of aryl methyl sites for hydroxylation is 1. The number of nitrogens with zero attached hydrogens (tertiary/aromatic N) is 1. The van der Waals surface area contributed by atoms with Crippen molar-refractivity contribution in [3.05, 3.63) is 40.4 Å². The summed E-state index contributed by atoms with van der Waals surface area (Å²) >= 11 is 0. The molecule has 0 atom stereocenters. The molecule has 22 heavy (non-hydrogen) atoms. The summed E-state index contributed by atoms with van der Waals surface area (Å²) in [6, 6.07) is 7.92. The third-order valence-electron chi connectivity index (χ3n) is 4.46. The van der Waals surface area contributed by atoms with Gasteiger partial charge in [-0.2, -0.15) is 5.26 Å². The molecule has 116 valence electrons. The maximum atomic E-state index is 9.25. The van der Waals surface area contributed by atoms with Gasteiger partial charge in [0.1, 0.15) is 0 Å². The molecule has 0 saturated carbocycles. The molecular weight excluding hydrogens is 275 g/mol. The predicted octanol–water partition coefficient (Wildman–Crippen LogP) is 2.84. The van der Waals surface area contributed by atoms with Gasteiger partial charge >= 0.3 is 7.12 Å². The van der Waals surface area contributed by atoms with Gasteiger partial charge in [-0.1, -0.05) is 23.8 Å². The second-order valence-corrected chi connectivity index (χ2v) is 6.71. The van der Waals surface area contributed by atoms with E-state index in [9.17, 15) is 5.26 Å². The van der Waals surface area contributed by atoms with Crippen LogP contribution in [0.3, 0.4) is 0 Å². The van der Waals surface area contributed by atoms with Gasteiger partial charge in [0, 0.05) is 6.54 Å². The van der Waals surface area contributed by atoms with Gasteiger partial charge in [0.05, 0.1) is 22.8 Å². The fourth-order valence-corrected chi connectivity index (χ4v) is 2.32. The van der Waals surface area contributed by atoms with Crippen molar-refractivity contribution in [1.29, 1.82) is 5.26 Å². The van der Waals surface area contributed by atoms with Crippen molar-refractivity contribution >= 4 is 13.2 Å². The highest BCUT2D eigenvalue weighted by Gasteiger charge is 2.52. The molecule has 1 saturated heterocycles. The van der Waals surface area contributed by atoms with Crippen LogP contribution in [0.15, 0.2) is 23.7 Å². The molecule has 0 radical (unpaired) electrons. The van der Waals surface area contributed by atoms with Crippen molar-refractivity contribution < 1.29 is 9.31 Å². The molecule has 0 aromatic heterocycles. The van der Waals surface area contributed by atoms with Crippen molar-refractivity contribution in [2.75, 3.05) is 6.54 Å². The predicted molar refractivity (Wildman–Crippen MR) is 89.0 cm³/mol. The fourth-order valence-electron chi connectivity index (χ4n) is 2.32. The van der Waals surface area contributed by atoms with Crippen LogP contribution in [0, 0.1) is 18.3 Å². The summed E-state index contributed by atoms with van der Waals surface area (Å²) < 4.78 is 12.1. The molecule has 0 spiro atoms. The van der Waals surface area contributed by atoms with E-state index >= 15 is 0 Å². The van der Waals surface area contributed by atoms with E-state index in [0.29, 0.717) is 12.1 Å². The summed E-state index contributed by atoms with van der Waals surface area (Å²) in [6.07, 6.45) is 1.91. The molecule has 0 aliphatic carbocycles. The van der Waals surface area contributed by atoms with Crippen molar-refractivity contribution in [2.45, 2.75) is 45.8 Å². The van der Waals surface area contributed by atoms with Gasteiger partial charge in [0.25, 0.3) is 0 Å². The summed E-state index contributed by atoms with van der Waals surface area (Å²) in [6.45, 7) is 10.3. The second-order valence-electron chi connectivity index (χ2n) is 6.71. The van der Waals surface area contributed by atoms with Crippen LogP contribution in [0.4, 0.5) is 0 Å². The minimum absolute atomic E-state index is 0.315. The molecule has 1 aromatic carbocycles. The minimum atomic E-state index is -0.484. The van der Waals surface area contributed by atoms with Crippen LogP contribution in [0.2, 0.25) is 0 Å². The molecule has 0 amide bonds. The van der Waals surface area contributed by atoms with Gasteiger partial charge < -0.3 is 15.0 Å². The monoisotopic (exact) mass is 298 g/mol. The first-order chi connectivity index (χ1) is 10.2. The van der Waals surface area contributed by atoms with E-state index in [2.05, 4.69) is 6.07 Å². The van der Waals surface area contributed by atoms with Crippen LogP contribution in [-0.4, -0.2) is 24.9 Å². The molecule has 2 N–H and O–H groups in total. The van der Waals surface area contributed by atoms with Crippen molar-refractivity contribution in [3.63, 3.8) is 0 Å². The Kier molecular flexibility index (Phi) is 4.48. The summed E-state index contributed by atoms with van der Waals surface area (Å²) in [7, 11) is -0.484. The first-order valence-electron chi connectivity index (χ1n) is 7.47. The first-order valence-corrected chi connectivity index (χ1v) is 7.47. The highest BCUT2D eigenvalue weighted by Crippen LogP contribution is 2.38. The zero-order chi connectivity index (χ0) is 16.5. The molecule has 5 heteroatoms. The number of hydrogen-bond acceptors (Lipinski definition) is 4. The highest BCUT2D eigenvalue weighted by atomic mass is 16.7. The zero-order valence-electron chi connectivity index (χ0n) is 13.9. The summed E-state index contributed by atoms with van der Waals surface area (Å²) in [4.78, 5) is 0. The van der Waals surface area contributed by atoms with E-state index in [1.807, 2.05) is 58.9 Å². The lowest BCUT2D eigenvalue weighted by Crippen LogP contribution is -2.41. The standard InChI is InChI=1S/C17H23BN2O2/c1-12-6-7-13(10-19)14(8-12)9-15(11-20)18-21-16(2,3)17(4,5)22-18/h6-9H,11,20H2,1-5H3. The smallest absolute Gasteiger partial charge is 0.400 e. The van der Waals surface area contributed by atoms with Crippen LogP contribution in [0.25, 0.3) is 6.08 Å². The number of nitrogens with two attached hydrogens (primary N) is 1. The number of rotatable bonds is 3. The Morgan fingerprint density at radius 3 is 2.36 bits per heavy atom. The Hall–Kier alpha value is -1.61. The molecule has 0 unspecified atom stereocenters. The van der Waals surface area contributed by atoms with E-state index < -0.39 is 18.3 Å². The van der Waals surface area contributed by atoms with Crippen LogP contribution < -0.4 is 5.73 Å². The Balaban J connectivity index is 2.38.